The van der Waals surface area contributed by atoms with Gasteiger partial charge in [-0.2, -0.15) is 0 Å². The van der Waals surface area contributed by atoms with Gasteiger partial charge in [-0.15, -0.1) is 11.8 Å². The van der Waals surface area contributed by atoms with Crippen LogP contribution in [0.4, 0.5) is 5.69 Å². The average molecular weight is 446 g/mol. The van der Waals surface area contributed by atoms with Crippen LogP contribution in [0.25, 0.3) is 0 Å². The van der Waals surface area contributed by atoms with E-state index in [9.17, 15) is 0 Å². The zero-order valence-electron chi connectivity index (χ0n) is 18.2. The second-order valence-corrected chi connectivity index (χ2v) is 12.8. The van der Waals surface area contributed by atoms with Gasteiger partial charge in [0.1, 0.15) is 5.04 Å². The van der Waals surface area contributed by atoms with Crippen molar-refractivity contribution in [3.05, 3.63) is 71.9 Å². The van der Waals surface area contributed by atoms with Crippen molar-refractivity contribution >= 4 is 46.5 Å². The molecule has 3 nitrogen and oxygen atoms in total. The summed E-state index contributed by atoms with van der Waals surface area (Å²) in [6.07, 6.45) is 1.63. The molecule has 0 saturated heterocycles. The van der Waals surface area contributed by atoms with Crippen molar-refractivity contribution in [3.8, 4) is 0 Å². The molecule has 29 heavy (non-hydrogen) atoms. The summed E-state index contributed by atoms with van der Waals surface area (Å²) in [7, 11) is 1.58. The summed E-state index contributed by atoms with van der Waals surface area (Å²) in [6.45, 7) is 14.8. The van der Waals surface area contributed by atoms with Gasteiger partial charge >= 0.3 is 0 Å². The van der Waals surface area contributed by atoms with Crippen molar-refractivity contribution in [2.75, 3.05) is 19.0 Å². The van der Waals surface area contributed by atoms with Crippen molar-refractivity contribution in [1.82, 2.24) is 4.72 Å². The molecule has 1 unspecified atom stereocenters. The molecule has 0 aliphatic rings. The lowest BCUT2D eigenvalue weighted by molar-refractivity contribution is 0.537. The molecule has 2 rings (SSSR count). The largest absolute Gasteiger partial charge is 0.388 e. The summed E-state index contributed by atoms with van der Waals surface area (Å²) in [5.41, 5.74) is 4.98. The Hall–Kier alpha value is -1.26. The molecule has 0 fully saturated rings. The standard InChI is InChI=1S/C23H32N3PS2/c1-8-25-22(18-11-9-17(2)10-12-18)28-16-19-13-14-20(24-6)15-21(19)27(7)29-26-23(3,4)5/h8-15,24,26H,1,16H2,2-7H3. The van der Waals surface area contributed by atoms with E-state index in [4.69, 9.17) is 0 Å². The minimum absolute atomic E-state index is 0.0893. The highest BCUT2D eigenvalue weighted by molar-refractivity contribution is 8.56. The number of nitrogens with zero attached hydrogens (tertiary/aromatic N) is 1. The highest BCUT2D eigenvalue weighted by Crippen LogP contribution is 2.45. The minimum atomic E-state index is -0.388. The molecular formula is C23H32N3PS2. The Morgan fingerprint density at radius 3 is 2.45 bits per heavy atom. The smallest absolute Gasteiger partial charge is 0.103 e. The van der Waals surface area contributed by atoms with Gasteiger partial charge < -0.3 is 5.32 Å². The molecule has 0 radical (unpaired) electrons. The number of benzene rings is 2. The number of anilines is 1. The van der Waals surface area contributed by atoms with Gasteiger partial charge in [0.15, 0.2) is 0 Å². The number of aliphatic imine (C=N–C) groups is 1. The van der Waals surface area contributed by atoms with Crippen molar-refractivity contribution in [1.29, 1.82) is 0 Å². The van der Waals surface area contributed by atoms with Gasteiger partial charge in [-0.3, -0.25) is 4.72 Å². The van der Waals surface area contributed by atoms with E-state index in [-0.39, 0.29) is 12.7 Å². The minimum Gasteiger partial charge on any atom is -0.388 e. The highest BCUT2D eigenvalue weighted by atomic mass is 32.7. The lowest BCUT2D eigenvalue weighted by Crippen LogP contribution is -2.30. The Morgan fingerprint density at radius 2 is 1.86 bits per heavy atom. The lowest BCUT2D eigenvalue weighted by atomic mass is 10.1. The predicted octanol–water partition coefficient (Wildman–Crippen LogP) is 6.55. The Labute approximate surface area is 185 Å². The monoisotopic (exact) mass is 445 g/mol. The van der Waals surface area contributed by atoms with Crippen LogP contribution in [0.1, 0.15) is 37.5 Å². The third-order valence-electron chi connectivity index (χ3n) is 4.07. The normalized spacial score (nSPS) is 13.2. The number of hydrogen-bond donors (Lipinski definition) is 2. The van der Waals surface area contributed by atoms with Crippen LogP contribution in [0, 0.1) is 6.92 Å². The first-order chi connectivity index (χ1) is 13.7. The molecule has 0 spiro atoms. The molecule has 2 N–H and O–H groups in total. The van der Waals surface area contributed by atoms with E-state index in [1.165, 1.54) is 16.4 Å². The summed E-state index contributed by atoms with van der Waals surface area (Å²) < 4.78 is 3.58. The molecule has 0 heterocycles. The lowest BCUT2D eigenvalue weighted by Gasteiger charge is -2.24. The Morgan fingerprint density at radius 1 is 1.17 bits per heavy atom. The molecular weight excluding hydrogens is 413 g/mol. The van der Waals surface area contributed by atoms with Crippen LogP contribution in [0.5, 0.6) is 0 Å². The Kier molecular flexibility index (Phi) is 9.29. The summed E-state index contributed by atoms with van der Waals surface area (Å²) in [5, 5.41) is 5.68. The Balaban J connectivity index is 2.23. The first kappa shape index (κ1) is 24.0. The SMILES string of the molecule is C=CN=C(SCc1ccc(NC)cc1P(C)SNC(C)(C)C)c1ccc(C)cc1. The zero-order chi connectivity index (χ0) is 21.4. The molecule has 1 atom stereocenters. The van der Waals surface area contributed by atoms with Crippen LogP contribution in [0.3, 0.4) is 0 Å². The van der Waals surface area contributed by atoms with Crippen molar-refractivity contribution in [3.63, 3.8) is 0 Å². The van der Waals surface area contributed by atoms with Crippen LogP contribution >= 0.6 is 30.5 Å². The molecule has 0 aliphatic heterocycles. The number of aryl methyl sites for hydroxylation is 1. The summed E-state index contributed by atoms with van der Waals surface area (Å²) in [6, 6.07) is 15.2. The predicted molar refractivity (Wildman–Crippen MR) is 138 cm³/mol. The van der Waals surface area contributed by atoms with Gasteiger partial charge in [-0.25, -0.2) is 4.99 Å². The van der Waals surface area contributed by atoms with Crippen LogP contribution < -0.4 is 15.3 Å². The molecule has 0 bridgehead atoms. The van der Waals surface area contributed by atoms with Crippen LogP contribution in [0.15, 0.2) is 60.2 Å². The molecule has 0 amide bonds. The Bertz CT molecular complexity index is 842. The van der Waals surface area contributed by atoms with Gasteiger partial charge in [0.05, 0.1) is 0 Å². The number of thioether (sulfide) groups is 1. The molecule has 2 aromatic carbocycles. The molecule has 0 saturated carbocycles. The van der Waals surface area contributed by atoms with E-state index in [1.54, 1.807) is 18.0 Å². The van der Waals surface area contributed by atoms with Gasteiger partial charge in [-0.1, -0.05) is 42.5 Å². The summed E-state index contributed by atoms with van der Waals surface area (Å²) in [5.74, 6) is 0.878. The van der Waals surface area contributed by atoms with Crippen LogP contribution in [0.2, 0.25) is 0 Å². The summed E-state index contributed by atoms with van der Waals surface area (Å²) in [4.78, 5) is 4.53. The fraction of sp³-hybridized carbons (Fsp3) is 0.348. The van der Waals surface area contributed by atoms with Crippen molar-refractivity contribution < 1.29 is 0 Å². The highest BCUT2D eigenvalue weighted by Gasteiger charge is 2.17. The van der Waals surface area contributed by atoms with Crippen LogP contribution in [-0.2, 0) is 5.75 Å². The molecule has 2 aromatic rings. The fourth-order valence-corrected chi connectivity index (χ4v) is 7.04. The van der Waals surface area contributed by atoms with Crippen molar-refractivity contribution in [2.24, 2.45) is 4.99 Å². The van der Waals surface area contributed by atoms with Gasteiger partial charge in [-0.05, 0) is 76.1 Å². The first-order valence-corrected chi connectivity index (χ1v) is 13.8. The van der Waals surface area contributed by atoms with Gasteiger partial charge in [0.2, 0.25) is 0 Å². The maximum atomic E-state index is 4.53. The van der Waals surface area contributed by atoms with E-state index < -0.39 is 0 Å². The maximum Gasteiger partial charge on any atom is 0.103 e. The third kappa shape index (κ3) is 7.82. The van der Waals surface area contributed by atoms with Gasteiger partial charge in [0, 0.05) is 35.8 Å². The van der Waals surface area contributed by atoms with Crippen molar-refractivity contribution in [2.45, 2.75) is 39.0 Å². The zero-order valence-corrected chi connectivity index (χ0v) is 20.8. The van der Waals surface area contributed by atoms with E-state index in [1.807, 2.05) is 18.6 Å². The topological polar surface area (TPSA) is 36.4 Å². The third-order valence-corrected chi connectivity index (χ3v) is 8.90. The fourth-order valence-electron chi connectivity index (χ4n) is 2.51. The number of rotatable bonds is 8. The van der Waals surface area contributed by atoms with Gasteiger partial charge in [0.25, 0.3) is 0 Å². The second-order valence-electron chi connectivity index (χ2n) is 7.81. The first-order valence-electron chi connectivity index (χ1n) is 9.60. The molecule has 156 valence electrons. The van der Waals surface area contributed by atoms with E-state index in [0.717, 1.165) is 22.0 Å². The number of hydrogen-bond acceptors (Lipinski definition) is 5. The maximum absolute atomic E-state index is 4.53. The summed E-state index contributed by atoms with van der Waals surface area (Å²) >= 11 is 3.61. The second kappa shape index (κ2) is 11.2. The molecule has 0 aliphatic carbocycles. The van der Waals surface area contributed by atoms with E-state index in [2.05, 4.69) is 98.4 Å². The van der Waals surface area contributed by atoms with E-state index in [0.29, 0.717) is 0 Å². The number of nitrogens with one attached hydrogen (secondary N) is 2. The quantitative estimate of drug-likeness (QED) is 0.209. The van der Waals surface area contributed by atoms with Crippen LogP contribution in [-0.4, -0.2) is 24.3 Å². The molecule has 0 aromatic heterocycles. The van der Waals surface area contributed by atoms with E-state index >= 15 is 0 Å². The molecule has 6 heteroatoms. The average Bonchev–Trinajstić information content (AvgIpc) is 2.69.